The van der Waals surface area contributed by atoms with Crippen LogP contribution in [-0.4, -0.2) is 16.6 Å². The van der Waals surface area contributed by atoms with Gasteiger partial charge in [0.1, 0.15) is 0 Å². The van der Waals surface area contributed by atoms with Gasteiger partial charge in [-0.05, 0) is 29.8 Å². The summed E-state index contributed by atoms with van der Waals surface area (Å²) < 4.78 is 29.8. The Morgan fingerprint density at radius 2 is 1.75 bits per heavy atom. The highest BCUT2D eigenvalue weighted by atomic mass is 19.3. The molecule has 0 fully saturated rings. The first-order valence-corrected chi connectivity index (χ1v) is 7.15. The van der Waals surface area contributed by atoms with Gasteiger partial charge in [-0.1, -0.05) is 30.3 Å². The van der Waals surface area contributed by atoms with Gasteiger partial charge in [0.25, 0.3) is 5.89 Å². The number of anilines is 1. The van der Waals surface area contributed by atoms with E-state index in [9.17, 15) is 13.6 Å². The molecule has 1 aromatic heterocycles. The van der Waals surface area contributed by atoms with Crippen LogP contribution in [0.15, 0.2) is 59.0 Å². The maximum atomic E-state index is 12.5. The van der Waals surface area contributed by atoms with Crippen LogP contribution < -0.4 is 4.90 Å². The highest BCUT2D eigenvalue weighted by Gasteiger charge is 2.17. The molecule has 24 heavy (non-hydrogen) atoms. The molecule has 0 spiro atoms. The normalized spacial score (nSPS) is 10.8. The Bertz CT molecular complexity index is 804. The third kappa shape index (κ3) is 3.45. The fourth-order valence-electron chi connectivity index (χ4n) is 2.20. The second-order valence-electron chi connectivity index (χ2n) is 5.01. The summed E-state index contributed by atoms with van der Waals surface area (Å²) in [6.07, 6.45) is -2.03. The number of rotatable bonds is 6. The Kier molecular flexibility index (Phi) is 4.60. The number of carbonyl (C=O) groups is 1. The summed E-state index contributed by atoms with van der Waals surface area (Å²) in [4.78, 5) is 12.9. The quantitative estimate of drug-likeness (QED) is 0.645. The lowest BCUT2D eigenvalue weighted by Crippen LogP contribution is -2.20. The molecule has 0 saturated heterocycles. The molecule has 0 unspecified atom stereocenters. The first-order valence-electron chi connectivity index (χ1n) is 7.15. The molecule has 122 valence electrons. The Labute approximate surface area is 136 Å². The van der Waals surface area contributed by atoms with Crippen LogP contribution in [0.3, 0.4) is 0 Å². The van der Waals surface area contributed by atoms with Gasteiger partial charge in [-0.3, -0.25) is 4.79 Å². The van der Waals surface area contributed by atoms with Crippen molar-refractivity contribution in [2.45, 2.75) is 13.0 Å². The van der Waals surface area contributed by atoms with Crippen LogP contribution in [-0.2, 0) is 11.3 Å². The molecular formula is C17H13F2N3O2. The molecular weight excluding hydrogens is 316 g/mol. The molecule has 0 N–H and O–H groups in total. The summed E-state index contributed by atoms with van der Waals surface area (Å²) in [6, 6.07) is 16.2. The average Bonchev–Trinajstić information content (AvgIpc) is 3.11. The zero-order valence-corrected chi connectivity index (χ0v) is 12.5. The molecule has 3 aromatic rings. The predicted molar refractivity (Wildman–Crippen MR) is 83.4 cm³/mol. The number of amides is 1. The highest BCUT2D eigenvalue weighted by molar-refractivity contribution is 5.74. The van der Waals surface area contributed by atoms with Crippen molar-refractivity contribution >= 4 is 12.1 Å². The summed E-state index contributed by atoms with van der Waals surface area (Å²) in [5.41, 5.74) is 2.20. The van der Waals surface area contributed by atoms with E-state index in [2.05, 4.69) is 10.2 Å². The maximum Gasteiger partial charge on any atom is 0.314 e. The number of nitrogens with zero attached hydrogens (tertiary/aromatic N) is 3. The Hall–Kier alpha value is -3.09. The van der Waals surface area contributed by atoms with Gasteiger partial charge in [0, 0.05) is 11.3 Å². The van der Waals surface area contributed by atoms with E-state index >= 15 is 0 Å². The lowest BCUT2D eigenvalue weighted by molar-refractivity contribution is -0.107. The maximum absolute atomic E-state index is 12.5. The first-order chi connectivity index (χ1) is 11.7. The fourth-order valence-corrected chi connectivity index (χ4v) is 2.20. The number of carbonyl (C=O) groups excluding carboxylic acids is 1. The lowest BCUT2D eigenvalue weighted by atomic mass is 10.1. The van der Waals surface area contributed by atoms with Gasteiger partial charge in [0.2, 0.25) is 12.3 Å². The summed E-state index contributed by atoms with van der Waals surface area (Å²) >= 11 is 0. The minimum absolute atomic E-state index is 0.0344. The lowest BCUT2D eigenvalue weighted by Gasteiger charge is -2.17. The van der Waals surface area contributed by atoms with Gasteiger partial charge in [-0.25, -0.2) is 0 Å². The topological polar surface area (TPSA) is 59.2 Å². The minimum Gasteiger partial charge on any atom is -0.415 e. The monoisotopic (exact) mass is 329 g/mol. The fraction of sp³-hybridized carbons (Fsp3) is 0.118. The van der Waals surface area contributed by atoms with E-state index in [4.69, 9.17) is 4.42 Å². The number of hydrogen-bond acceptors (Lipinski definition) is 4. The van der Waals surface area contributed by atoms with E-state index in [0.29, 0.717) is 12.1 Å². The van der Waals surface area contributed by atoms with E-state index in [0.717, 1.165) is 17.7 Å². The Balaban J connectivity index is 1.75. The van der Waals surface area contributed by atoms with Crippen LogP contribution in [0.4, 0.5) is 14.5 Å². The minimum atomic E-state index is -2.79. The molecule has 0 radical (unpaired) electrons. The molecule has 1 amide bonds. The largest absolute Gasteiger partial charge is 0.415 e. The van der Waals surface area contributed by atoms with Crippen molar-refractivity contribution in [2.24, 2.45) is 0 Å². The predicted octanol–water partition coefficient (Wildman–Crippen LogP) is 3.84. The summed E-state index contributed by atoms with van der Waals surface area (Å²) in [6.45, 7) is 0.389. The molecule has 0 atom stereocenters. The number of aromatic nitrogens is 2. The van der Waals surface area contributed by atoms with Crippen molar-refractivity contribution in [3.05, 3.63) is 66.1 Å². The van der Waals surface area contributed by atoms with Gasteiger partial charge >= 0.3 is 6.43 Å². The van der Waals surface area contributed by atoms with E-state index in [1.54, 1.807) is 29.2 Å². The van der Waals surface area contributed by atoms with Crippen molar-refractivity contribution in [3.8, 4) is 11.5 Å². The number of alkyl halides is 2. The van der Waals surface area contributed by atoms with Crippen molar-refractivity contribution in [3.63, 3.8) is 0 Å². The van der Waals surface area contributed by atoms with Gasteiger partial charge in [0.15, 0.2) is 0 Å². The molecule has 1 heterocycles. The van der Waals surface area contributed by atoms with Gasteiger partial charge in [-0.2, -0.15) is 8.78 Å². The van der Waals surface area contributed by atoms with Crippen LogP contribution in [0.2, 0.25) is 0 Å². The van der Waals surface area contributed by atoms with E-state index < -0.39 is 12.3 Å². The second kappa shape index (κ2) is 6.99. The number of benzene rings is 2. The van der Waals surface area contributed by atoms with Crippen LogP contribution in [0.25, 0.3) is 11.5 Å². The van der Waals surface area contributed by atoms with Crippen molar-refractivity contribution < 1.29 is 18.0 Å². The molecule has 2 aromatic carbocycles. The molecule has 0 bridgehead atoms. The molecule has 0 aliphatic heterocycles. The molecule has 3 rings (SSSR count). The third-order valence-electron chi connectivity index (χ3n) is 3.40. The number of hydrogen-bond donors (Lipinski definition) is 0. The summed E-state index contributed by atoms with van der Waals surface area (Å²) in [5, 5.41) is 6.89. The number of halogens is 2. The van der Waals surface area contributed by atoms with Gasteiger partial charge < -0.3 is 9.32 Å². The Morgan fingerprint density at radius 3 is 2.33 bits per heavy atom. The van der Waals surface area contributed by atoms with Crippen molar-refractivity contribution in [1.29, 1.82) is 0 Å². The summed E-state index contributed by atoms with van der Waals surface area (Å²) in [7, 11) is 0. The van der Waals surface area contributed by atoms with Crippen molar-refractivity contribution in [1.82, 2.24) is 10.2 Å². The third-order valence-corrected chi connectivity index (χ3v) is 3.40. The number of para-hydroxylation sites is 1. The van der Waals surface area contributed by atoms with E-state index in [1.165, 1.54) is 0 Å². The molecule has 7 heteroatoms. The highest BCUT2D eigenvalue weighted by Crippen LogP contribution is 2.24. The van der Waals surface area contributed by atoms with Gasteiger partial charge in [0.05, 0.1) is 6.54 Å². The van der Waals surface area contributed by atoms with Gasteiger partial charge in [-0.15, -0.1) is 10.2 Å². The van der Waals surface area contributed by atoms with E-state index in [1.807, 2.05) is 30.3 Å². The van der Waals surface area contributed by atoms with Crippen LogP contribution in [0, 0.1) is 0 Å². The van der Waals surface area contributed by atoms with Crippen LogP contribution in [0.1, 0.15) is 17.9 Å². The average molecular weight is 329 g/mol. The van der Waals surface area contributed by atoms with Crippen molar-refractivity contribution in [2.75, 3.05) is 4.90 Å². The second-order valence-corrected chi connectivity index (χ2v) is 5.01. The molecule has 0 saturated carbocycles. The zero-order chi connectivity index (χ0) is 16.9. The van der Waals surface area contributed by atoms with Crippen LogP contribution in [0.5, 0.6) is 0 Å². The summed E-state index contributed by atoms with van der Waals surface area (Å²) in [5.74, 6) is -0.669. The molecule has 5 nitrogen and oxygen atoms in total. The SMILES string of the molecule is O=CN(Cc1ccc(-c2nnc(C(F)F)o2)cc1)c1ccccc1. The van der Waals surface area contributed by atoms with Crippen LogP contribution >= 0.6 is 0 Å². The zero-order valence-electron chi connectivity index (χ0n) is 12.5. The molecule has 0 aliphatic rings. The smallest absolute Gasteiger partial charge is 0.314 e. The molecule has 0 aliphatic carbocycles. The first kappa shape index (κ1) is 15.8. The standard InChI is InChI=1S/C17H13F2N3O2/c18-15(19)17-21-20-16(24-17)13-8-6-12(7-9-13)10-22(11-23)14-4-2-1-3-5-14/h1-9,11,15H,10H2. The van der Waals surface area contributed by atoms with E-state index in [-0.39, 0.29) is 5.89 Å². The Morgan fingerprint density at radius 1 is 1.04 bits per heavy atom.